The average Bonchev–Trinajstić information content (AvgIpc) is 3.23. The van der Waals surface area contributed by atoms with E-state index in [1.54, 1.807) is 11.8 Å². The lowest BCUT2D eigenvalue weighted by Crippen LogP contribution is -2.55. The summed E-state index contributed by atoms with van der Waals surface area (Å²) in [6, 6.07) is -0.523. The van der Waals surface area contributed by atoms with E-state index in [1.807, 2.05) is 0 Å². The number of aromatic nitrogens is 4. The van der Waals surface area contributed by atoms with Crippen LogP contribution in [0.2, 0.25) is 0 Å². The average molecular weight is 393 g/mol. The van der Waals surface area contributed by atoms with Crippen molar-refractivity contribution < 1.29 is 19.1 Å². The number of carbonyl (C=O) groups is 2. The van der Waals surface area contributed by atoms with Gasteiger partial charge in [0, 0.05) is 13.0 Å². The highest BCUT2D eigenvalue weighted by molar-refractivity contribution is 5.81. The number of hydrogen-bond donors (Lipinski definition) is 1. The first-order valence-corrected chi connectivity index (χ1v) is 10.4. The number of unbranched alkanes of at least 4 members (excludes halogenated alkanes) is 1. The minimum atomic E-state index is -0.523. The molecule has 0 unspecified atom stereocenters. The number of nitrogens with one attached hydrogen (secondary N) is 1. The zero-order valence-corrected chi connectivity index (χ0v) is 16.8. The van der Waals surface area contributed by atoms with Gasteiger partial charge < -0.3 is 9.47 Å². The maximum Gasteiger partial charge on any atom is 0.410 e. The van der Waals surface area contributed by atoms with Gasteiger partial charge in [-0.15, -0.1) is 10.2 Å². The molecule has 1 saturated heterocycles. The number of ether oxygens (including phenoxy) is 2. The number of aromatic amines is 1. The number of carbonyl (C=O) groups excluding carboxylic acids is 2. The number of amides is 1. The number of nitrogens with zero attached hydrogens (tertiary/aromatic N) is 4. The summed E-state index contributed by atoms with van der Waals surface area (Å²) in [7, 11) is 1.36. The molecule has 28 heavy (non-hydrogen) atoms. The number of piperidine rings is 1. The van der Waals surface area contributed by atoms with Crippen LogP contribution < -0.4 is 0 Å². The van der Waals surface area contributed by atoms with Crippen LogP contribution in [0, 0.1) is 17.8 Å². The second-order valence-corrected chi connectivity index (χ2v) is 7.90. The van der Waals surface area contributed by atoms with Crippen LogP contribution >= 0.6 is 0 Å². The van der Waals surface area contributed by atoms with Crippen molar-refractivity contribution in [3.63, 3.8) is 0 Å². The topological polar surface area (TPSA) is 110 Å². The lowest BCUT2D eigenvalue weighted by molar-refractivity contribution is -0.152. The summed E-state index contributed by atoms with van der Waals surface area (Å²) in [4.78, 5) is 26.2. The van der Waals surface area contributed by atoms with Crippen molar-refractivity contribution in [3.8, 4) is 0 Å². The number of hydrogen-bond acceptors (Lipinski definition) is 7. The molecule has 0 bridgehead atoms. The molecular formula is C19H31N5O4. The number of H-pyrrole nitrogens is 1. The minimum Gasteiger partial charge on any atom is -0.464 e. The molecule has 3 rings (SSSR count). The standard InChI is InChI=1S/C19H31N5O4/c1-3-28-18(25)16-11-15-10-13(6-4-5-7-17-20-22-23-21-17)8-9-14(15)12-24(16)19(26)27-2/h13-16H,3-12H2,1-2H3,(H,20,21,22,23)/t13-,14-,15+,16-/m0/s1. The zero-order chi connectivity index (χ0) is 19.9. The normalized spacial score (nSPS) is 27.1. The van der Waals surface area contributed by atoms with Crippen molar-refractivity contribution in [2.75, 3.05) is 20.3 Å². The predicted octanol–water partition coefficient (Wildman–Crippen LogP) is 2.35. The Balaban J connectivity index is 1.51. The Morgan fingerprint density at radius 3 is 2.79 bits per heavy atom. The molecule has 9 nitrogen and oxygen atoms in total. The van der Waals surface area contributed by atoms with E-state index >= 15 is 0 Å². The van der Waals surface area contributed by atoms with Crippen LogP contribution in [0.4, 0.5) is 4.79 Å². The van der Waals surface area contributed by atoms with Crippen molar-refractivity contribution in [1.29, 1.82) is 0 Å². The number of methoxy groups -OCH3 is 1. The van der Waals surface area contributed by atoms with Crippen LogP contribution in [-0.2, 0) is 20.7 Å². The summed E-state index contributed by atoms with van der Waals surface area (Å²) in [5, 5.41) is 14.0. The molecule has 1 aromatic heterocycles. The van der Waals surface area contributed by atoms with E-state index in [1.165, 1.54) is 20.0 Å². The van der Waals surface area contributed by atoms with Gasteiger partial charge in [0.25, 0.3) is 0 Å². The Kier molecular flexibility index (Phi) is 7.22. The molecule has 2 heterocycles. The molecule has 9 heteroatoms. The van der Waals surface area contributed by atoms with Gasteiger partial charge in [0.05, 0.1) is 13.7 Å². The lowest BCUT2D eigenvalue weighted by Gasteiger charge is -2.46. The molecule has 1 aliphatic carbocycles. The van der Waals surface area contributed by atoms with Crippen LogP contribution in [0.15, 0.2) is 0 Å². The Labute approximate surface area is 165 Å². The van der Waals surface area contributed by atoms with Gasteiger partial charge in [-0.1, -0.05) is 24.5 Å². The smallest absolute Gasteiger partial charge is 0.410 e. The Hall–Kier alpha value is -2.19. The number of tetrazole rings is 1. The summed E-state index contributed by atoms with van der Waals surface area (Å²) in [6.07, 6.45) is 7.90. The Bertz CT molecular complexity index is 638. The van der Waals surface area contributed by atoms with Gasteiger partial charge in [-0.3, -0.25) is 4.90 Å². The van der Waals surface area contributed by atoms with Crippen molar-refractivity contribution in [3.05, 3.63) is 5.82 Å². The quantitative estimate of drug-likeness (QED) is 0.559. The first-order valence-electron chi connectivity index (χ1n) is 10.4. The molecule has 1 saturated carbocycles. The van der Waals surface area contributed by atoms with E-state index < -0.39 is 12.1 Å². The van der Waals surface area contributed by atoms with Gasteiger partial charge in [-0.2, -0.15) is 5.21 Å². The Morgan fingerprint density at radius 1 is 1.21 bits per heavy atom. The molecule has 1 amide bonds. The molecule has 156 valence electrons. The van der Waals surface area contributed by atoms with Crippen LogP contribution in [0.25, 0.3) is 0 Å². The number of aryl methyl sites for hydroxylation is 1. The molecule has 0 aromatic carbocycles. The number of esters is 1. The van der Waals surface area contributed by atoms with Gasteiger partial charge in [0.2, 0.25) is 0 Å². The van der Waals surface area contributed by atoms with Gasteiger partial charge in [-0.25, -0.2) is 9.59 Å². The fourth-order valence-electron chi connectivity index (χ4n) is 4.79. The van der Waals surface area contributed by atoms with E-state index in [9.17, 15) is 9.59 Å². The summed E-state index contributed by atoms with van der Waals surface area (Å²) < 4.78 is 10.1. The highest BCUT2D eigenvalue weighted by atomic mass is 16.6. The van der Waals surface area contributed by atoms with Crippen LogP contribution in [-0.4, -0.2) is 63.9 Å². The van der Waals surface area contributed by atoms with Gasteiger partial charge in [0.1, 0.15) is 6.04 Å². The maximum absolute atomic E-state index is 12.4. The van der Waals surface area contributed by atoms with Crippen molar-refractivity contribution in [1.82, 2.24) is 25.5 Å². The second kappa shape index (κ2) is 9.84. The highest BCUT2D eigenvalue weighted by Crippen LogP contribution is 2.42. The molecule has 2 aliphatic rings. The van der Waals surface area contributed by atoms with Crippen molar-refractivity contribution in [2.45, 2.75) is 64.3 Å². The minimum absolute atomic E-state index is 0.311. The van der Waals surface area contributed by atoms with E-state index in [0.29, 0.717) is 37.3 Å². The third-order valence-corrected chi connectivity index (χ3v) is 6.20. The molecular weight excluding hydrogens is 362 g/mol. The summed E-state index contributed by atoms with van der Waals surface area (Å²) in [5.74, 6) is 2.05. The molecule has 0 spiro atoms. The summed E-state index contributed by atoms with van der Waals surface area (Å²) in [5.41, 5.74) is 0. The first kappa shape index (κ1) is 20.5. The van der Waals surface area contributed by atoms with Crippen LogP contribution in [0.3, 0.4) is 0 Å². The first-order chi connectivity index (χ1) is 13.6. The molecule has 2 fully saturated rings. The van der Waals surface area contributed by atoms with E-state index in [-0.39, 0.29) is 5.97 Å². The van der Waals surface area contributed by atoms with Gasteiger partial charge >= 0.3 is 12.1 Å². The number of rotatable bonds is 7. The van der Waals surface area contributed by atoms with Crippen LogP contribution in [0.5, 0.6) is 0 Å². The largest absolute Gasteiger partial charge is 0.464 e. The van der Waals surface area contributed by atoms with Gasteiger partial charge in [0.15, 0.2) is 5.82 Å². The van der Waals surface area contributed by atoms with E-state index in [0.717, 1.165) is 37.9 Å². The predicted molar refractivity (Wildman–Crippen MR) is 100 cm³/mol. The zero-order valence-electron chi connectivity index (χ0n) is 16.8. The number of likely N-dealkylation sites (tertiary alicyclic amines) is 1. The number of fused-ring (bicyclic) bond motifs is 1. The Morgan fingerprint density at radius 2 is 2.07 bits per heavy atom. The van der Waals surface area contributed by atoms with Crippen molar-refractivity contribution >= 4 is 12.1 Å². The van der Waals surface area contributed by atoms with E-state index in [2.05, 4.69) is 20.6 Å². The summed E-state index contributed by atoms with van der Waals surface area (Å²) in [6.45, 7) is 2.70. The SMILES string of the molecule is CCOC(=O)[C@@H]1C[C@H]2C[C@@H](CCCCc3nn[nH]n3)CC[C@H]2CN1C(=O)OC. The molecule has 4 atom stereocenters. The fourth-order valence-corrected chi connectivity index (χ4v) is 4.79. The highest BCUT2D eigenvalue weighted by Gasteiger charge is 2.44. The molecule has 0 radical (unpaired) electrons. The maximum atomic E-state index is 12.4. The third-order valence-electron chi connectivity index (χ3n) is 6.20. The van der Waals surface area contributed by atoms with Crippen molar-refractivity contribution in [2.24, 2.45) is 17.8 Å². The lowest BCUT2D eigenvalue weighted by atomic mass is 9.68. The van der Waals surface area contributed by atoms with Gasteiger partial charge in [-0.05, 0) is 50.4 Å². The molecule has 1 aliphatic heterocycles. The van der Waals surface area contributed by atoms with E-state index in [4.69, 9.17) is 9.47 Å². The fraction of sp³-hybridized carbons (Fsp3) is 0.842. The second-order valence-electron chi connectivity index (χ2n) is 7.90. The van der Waals surface area contributed by atoms with Crippen LogP contribution in [0.1, 0.15) is 57.7 Å². The third kappa shape index (κ3) is 4.99. The molecule has 1 N–H and O–H groups in total. The summed E-state index contributed by atoms with van der Waals surface area (Å²) >= 11 is 0. The monoisotopic (exact) mass is 393 g/mol. The molecule has 1 aromatic rings.